The summed E-state index contributed by atoms with van der Waals surface area (Å²) in [6, 6.07) is 11.8. The predicted octanol–water partition coefficient (Wildman–Crippen LogP) is 6.02. The fourth-order valence-corrected chi connectivity index (χ4v) is 6.00. The molecule has 0 saturated heterocycles. The van der Waals surface area contributed by atoms with Gasteiger partial charge >= 0.3 is 0 Å². The van der Waals surface area contributed by atoms with Crippen LogP contribution >= 0.6 is 22.9 Å². The third-order valence-corrected chi connectivity index (χ3v) is 8.32. The maximum absolute atomic E-state index is 14.9. The molecule has 4 rings (SSSR count). The van der Waals surface area contributed by atoms with Gasteiger partial charge in [-0.25, -0.2) is 12.8 Å². The number of fused-ring (bicyclic) bond motifs is 1. The van der Waals surface area contributed by atoms with E-state index in [1.54, 1.807) is 24.4 Å². The number of hydrogen-bond donors (Lipinski definition) is 1. The van der Waals surface area contributed by atoms with Gasteiger partial charge in [-0.3, -0.25) is 9.71 Å². The molecule has 12 heteroatoms. The summed E-state index contributed by atoms with van der Waals surface area (Å²) in [4.78, 5) is 6.46. The molecule has 0 amide bonds. The first-order valence-corrected chi connectivity index (χ1v) is 13.8. The highest BCUT2D eigenvalue weighted by Crippen LogP contribution is 2.38. The Hall–Kier alpha value is -3.12. The second-order valence-electron chi connectivity index (χ2n) is 8.25. The topological polar surface area (TPSA) is 90.0 Å². The molecule has 2 heterocycles. The number of methoxy groups -OCH3 is 1. The lowest BCUT2D eigenvalue weighted by molar-refractivity contribution is 0.268. The lowest BCUT2D eigenvalue weighted by Gasteiger charge is -2.15. The number of ether oxygens (including phenoxy) is 3. The van der Waals surface area contributed by atoms with E-state index in [-0.39, 0.29) is 15.6 Å². The number of thiophene rings is 1. The van der Waals surface area contributed by atoms with Crippen molar-refractivity contribution in [2.75, 3.05) is 39.1 Å². The first-order valence-electron chi connectivity index (χ1n) is 11.2. The van der Waals surface area contributed by atoms with Crippen molar-refractivity contribution in [2.45, 2.75) is 10.6 Å². The summed E-state index contributed by atoms with van der Waals surface area (Å²) < 4.78 is 59.9. The Kier molecular flexibility index (Phi) is 8.38. The summed E-state index contributed by atoms with van der Waals surface area (Å²) in [6.07, 6.45) is 2.39. The predicted molar refractivity (Wildman–Crippen MR) is 144 cm³/mol. The summed E-state index contributed by atoms with van der Waals surface area (Å²) in [7, 11) is 1.64. The van der Waals surface area contributed by atoms with Crippen molar-refractivity contribution < 1.29 is 27.0 Å². The normalized spacial score (nSPS) is 11.6. The summed E-state index contributed by atoms with van der Waals surface area (Å²) in [5, 5.41) is 0.596. The number of rotatable bonds is 11. The molecule has 0 atom stereocenters. The monoisotopic (exact) mass is 565 g/mol. The standard InChI is InChI=1S/C25H25ClFN3O5S2/c1-30(2)11-4-12-34-23-15-19-17(14-22(23)33-3)20(9-10-28-19)35-21-6-5-16(13-18(21)27)29-37(31,32)25-8-7-24(26)36-25/h5-10,13-15,29H,4,11-12H2,1-3H3. The highest BCUT2D eigenvalue weighted by Gasteiger charge is 2.18. The maximum Gasteiger partial charge on any atom is 0.271 e. The Morgan fingerprint density at radius 2 is 1.86 bits per heavy atom. The number of sulfonamides is 1. The second kappa shape index (κ2) is 11.5. The summed E-state index contributed by atoms with van der Waals surface area (Å²) in [5.41, 5.74) is 0.631. The molecule has 4 aromatic rings. The quantitative estimate of drug-likeness (QED) is 0.222. The number of hydrogen-bond acceptors (Lipinski definition) is 8. The fourth-order valence-electron chi connectivity index (χ4n) is 3.47. The van der Waals surface area contributed by atoms with Gasteiger partial charge in [0, 0.05) is 30.3 Å². The van der Waals surface area contributed by atoms with Crippen molar-refractivity contribution in [2.24, 2.45) is 0 Å². The maximum atomic E-state index is 14.9. The zero-order valence-corrected chi connectivity index (χ0v) is 22.7. The molecule has 0 unspecified atom stereocenters. The Labute approximate surface area is 223 Å². The molecule has 0 radical (unpaired) electrons. The summed E-state index contributed by atoms with van der Waals surface area (Å²) in [6.45, 7) is 1.40. The van der Waals surface area contributed by atoms with Gasteiger partial charge in [-0.15, -0.1) is 11.3 Å². The van der Waals surface area contributed by atoms with Crippen molar-refractivity contribution in [3.05, 3.63) is 64.9 Å². The smallest absolute Gasteiger partial charge is 0.271 e. The number of nitrogens with one attached hydrogen (secondary N) is 1. The molecule has 0 aliphatic rings. The average Bonchev–Trinajstić information content (AvgIpc) is 3.30. The van der Waals surface area contributed by atoms with Crippen LogP contribution in [0, 0.1) is 5.82 Å². The molecule has 37 heavy (non-hydrogen) atoms. The number of nitrogens with zero attached hydrogens (tertiary/aromatic N) is 2. The number of anilines is 1. The molecule has 0 fully saturated rings. The Morgan fingerprint density at radius 1 is 1.05 bits per heavy atom. The number of halogens is 2. The van der Waals surface area contributed by atoms with E-state index in [0.29, 0.717) is 39.1 Å². The van der Waals surface area contributed by atoms with Crippen molar-refractivity contribution in [1.29, 1.82) is 0 Å². The summed E-state index contributed by atoms with van der Waals surface area (Å²) in [5.74, 6) is 0.560. The SMILES string of the molecule is COc1cc2c(Oc3ccc(NS(=O)(=O)c4ccc(Cl)s4)cc3F)ccnc2cc1OCCCN(C)C. The van der Waals surface area contributed by atoms with Crippen molar-refractivity contribution in [1.82, 2.24) is 9.88 Å². The van der Waals surface area contributed by atoms with Gasteiger partial charge < -0.3 is 19.1 Å². The van der Waals surface area contributed by atoms with E-state index >= 15 is 0 Å². The van der Waals surface area contributed by atoms with Gasteiger partial charge in [0.2, 0.25) is 0 Å². The minimum Gasteiger partial charge on any atom is -0.493 e. The van der Waals surface area contributed by atoms with Gasteiger partial charge in [-0.2, -0.15) is 0 Å². The minimum atomic E-state index is -3.89. The molecule has 0 aliphatic carbocycles. The van der Waals surface area contributed by atoms with Crippen LogP contribution in [0.4, 0.5) is 10.1 Å². The lowest BCUT2D eigenvalue weighted by Crippen LogP contribution is -2.15. The molecule has 1 N–H and O–H groups in total. The van der Waals surface area contributed by atoms with Gasteiger partial charge in [0.15, 0.2) is 23.1 Å². The van der Waals surface area contributed by atoms with Crippen LogP contribution in [0.3, 0.4) is 0 Å². The highest BCUT2D eigenvalue weighted by atomic mass is 35.5. The Balaban J connectivity index is 1.55. The highest BCUT2D eigenvalue weighted by molar-refractivity contribution is 7.94. The van der Waals surface area contributed by atoms with Crippen LogP contribution in [0.25, 0.3) is 10.9 Å². The van der Waals surface area contributed by atoms with Crippen LogP contribution < -0.4 is 18.9 Å². The van der Waals surface area contributed by atoms with Gasteiger partial charge in [0.25, 0.3) is 10.0 Å². The van der Waals surface area contributed by atoms with E-state index in [4.69, 9.17) is 25.8 Å². The van der Waals surface area contributed by atoms with Gasteiger partial charge in [-0.05, 0) is 56.9 Å². The van der Waals surface area contributed by atoms with Gasteiger partial charge in [0.1, 0.15) is 9.96 Å². The average molecular weight is 566 g/mol. The van der Waals surface area contributed by atoms with Gasteiger partial charge in [0.05, 0.1) is 29.3 Å². The van der Waals surface area contributed by atoms with Crippen LogP contribution in [-0.2, 0) is 10.0 Å². The van der Waals surface area contributed by atoms with E-state index in [1.807, 2.05) is 14.1 Å². The first-order chi connectivity index (χ1) is 17.7. The lowest BCUT2D eigenvalue weighted by atomic mass is 10.1. The Bertz CT molecular complexity index is 1510. The van der Waals surface area contributed by atoms with E-state index in [0.717, 1.165) is 30.4 Å². The number of pyridine rings is 1. The molecule has 0 aliphatic heterocycles. The molecule has 8 nitrogen and oxygen atoms in total. The third kappa shape index (κ3) is 6.61. The number of aromatic nitrogens is 1. The third-order valence-electron chi connectivity index (χ3n) is 5.21. The van der Waals surface area contributed by atoms with E-state index in [9.17, 15) is 12.8 Å². The molecule has 0 spiro atoms. The first kappa shape index (κ1) is 26.9. The van der Waals surface area contributed by atoms with E-state index in [1.165, 1.54) is 31.4 Å². The number of benzene rings is 2. The molecule has 2 aromatic heterocycles. The fraction of sp³-hybridized carbons (Fsp3) is 0.240. The van der Waals surface area contributed by atoms with E-state index in [2.05, 4.69) is 14.6 Å². The van der Waals surface area contributed by atoms with Crippen LogP contribution in [0.1, 0.15) is 6.42 Å². The van der Waals surface area contributed by atoms with Gasteiger partial charge in [-0.1, -0.05) is 11.6 Å². The molecule has 196 valence electrons. The van der Waals surface area contributed by atoms with Crippen LogP contribution in [0.5, 0.6) is 23.0 Å². The zero-order valence-electron chi connectivity index (χ0n) is 20.3. The second-order valence-corrected chi connectivity index (χ2v) is 11.9. The molecular weight excluding hydrogens is 541 g/mol. The molecule has 0 saturated carbocycles. The van der Waals surface area contributed by atoms with Crippen molar-refractivity contribution >= 4 is 49.6 Å². The minimum absolute atomic E-state index is 0.0245. The molecule has 2 aromatic carbocycles. The molecule has 0 bridgehead atoms. The van der Waals surface area contributed by atoms with Crippen molar-refractivity contribution in [3.63, 3.8) is 0 Å². The van der Waals surface area contributed by atoms with Crippen LogP contribution in [0.2, 0.25) is 4.34 Å². The van der Waals surface area contributed by atoms with Crippen LogP contribution in [-0.4, -0.2) is 52.7 Å². The Morgan fingerprint density at radius 3 is 2.54 bits per heavy atom. The van der Waals surface area contributed by atoms with Crippen LogP contribution in [0.15, 0.2) is 58.9 Å². The zero-order chi connectivity index (χ0) is 26.6. The van der Waals surface area contributed by atoms with E-state index < -0.39 is 15.8 Å². The molecular formula is C25H25ClFN3O5S2. The van der Waals surface area contributed by atoms with Crippen molar-refractivity contribution in [3.8, 4) is 23.0 Å². The largest absolute Gasteiger partial charge is 0.493 e. The summed E-state index contributed by atoms with van der Waals surface area (Å²) >= 11 is 6.73.